The second kappa shape index (κ2) is 6.45. The van der Waals surface area contributed by atoms with Crippen LogP contribution in [0.4, 0.5) is 4.79 Å². The van der Waals surface area contributed by atoms with Gasteiger partial charge >= 0.3 is 0 Å². The zero-order valence-electron chi connectivity index (χ0n) is 12.9. The average molecular weight is 356 g/mol. The number of fused-ring (bicyclic) bond motifs is 1. The summed E-state index contributed by atoms with van der Waals surface area (Å²) in [6.45, 7) is 0. The van der Waals surface area contributed by atoms with Gasteiger partial charge in [-0.1, -0.05) is 30.0 Å². The van der Waals surface area contributed by atoms with Crippen LogP contribution in [0.3, 0.4) is 0 Å². The van der Waals surface area contributed by atoms with Gasteiger partial charge in [0.05, 0.1) is 11.8 Å². The van der Waals surface area contributed by atoms with Crippen LogP contribution in [0.5, 0.6) is 0 Å². The first-order valence-corrected chi connectivity index (χ1v) is 9.68. The first-order valence-electron chi connectivity index (χ1n) is 7.81. The normalized spacial score (nSPS) is 16.2. The number of aryl methyl sites for hydroxylation is 1. The van der Waals surface area contributed by atoms with Crippen molar-refractivity contribution in [3.63, 3.8) is 0 Å². The summed E-state index contributed by atoms with van der Waals surface area (Å²) in [5.41, 5.74) is 2.06. The summed E-state index contributed by atoms with van der Waals surface area (Å²) in [6, 6.07) is 11.9. The highest BCUT2D eigenvalue weighted by Crippen LogP contribution is 2.36. The van der Waals surface area contributed by atoms with E-state index >= 15 is 0 Å². The van der Waals surface area contributed by atoms with Crippen molar-refractivity contribution >= 4 is 45.1 Å². The van der Waals surface area contributed by atoms with Crippen LogP contribution < -0.4 is 0 Å². The fourth-order valence-electron chi connectivity index (χ4n) is 3.22. The highest BCUT2D eigenvalue weighted by atomic mass is 32.2. The Morgan fingerprint density at radius 2 is 2.08 bits per heavy atom. The van der Waals surface area contributed by atoms with Crippen LogP contribution in [-0.2, 0) is 11.2 Å². The van der Waals surface area contributed by atoms with Crippen molar-refractivity contribution in [2.75, 3.05) is 5.75 Å². The molecule has 24 heavy (non-hydrogen) atoms. The largest absolute Gasteiger partial charge is 0.361 e. The van der Waals surface area contributed by atoms with Crippen LogP contribution in [-0.4, -0.2) is 26.8 Å². The Morgan fingerprint density at radius 3 is 2.83 bits per heavy atom. The van der Waals surface area contributed by atoms with Gasteiger partial charge in [0.25, 0.3) is 5.24 Å². The Kier molecular flexibility index (Phi) is 4.16. The topological polar surface area (TPSA) is 53.2 Å². The van der Waals surface area contributed by atoms with Gasteiger partial charge in [0.2, 0.25) is 5.91 Å². The first kappa shape index (κ1) is 15.5. The van der Waals surface area contributed by atoms with E-state index in [1.165, 1.54) is 9.78 Å². The molecule has 1 fully saturated rings. The van der Waals surface area contributed by atoms with Gasteiger partial charge in [-0.3, -0.25) is 14.5 Å². The van der Waals surface area contributed by atoms with E-state index in [4.69, 9.17) is 0 Å². The Hall–Kier alpha value is -2.05. The molecule has 3 heterocycles. The number of benzene rings is 1. The number of carbonyl (C=O) groups is 2. The number of aromatic nitrogens is 1. The number of imide groups is 1. The maximum Gasteiger partial charge on any atom is 0.289 e. The number of hydrogen-bond acceptors (Lipinski definition) is 4. The molecular formula is C18H16N2O2S2. The van der Waals surface area contributed by atoms with Crippen molar-refractivity contribution in [2.45, 2.75) is 18.9 Å². The molecule has 1 N–H and O–H groups in total. The molecule has 0 saturated carbocycles. The molecule has 6 heteroatoms. The number of amides is 2. The lowest BCUT2D eigenvalue weighted by molar-refractivity contribution is -0.126. The third-order valence-electron chi connectivity index (χ3n) is 4.33. The number of nitrogens with one attached hydrogen (secondary N) is 1. The molecule has 0 aliphatic carbocycles. The van der Waals surface area contributed by atoms with E-state index in [-0.39, 0.29) is 22.9 Å². The second-order valence-corrected chi connectivity index (χ2v) is 7.70. The fraction of sp³-hybridized carbons (Fsp3) is 0.222. The van der Waals surface area contributed by atoms with Crippen molar-refractivity contribution in [3.05, 3.63) is 58.4 Å². The monoisotopic (exact) mass is 356 g/mol. The molecule has 0 bridgehead atoms. The quantitative estimate of drug-likeness (QED) is 0.727. The molecule has 3 aromatic rings. The van der Waals surface area contributed by atoms with Crippen LogP contribution in [0.2, 0.25) is 0 Å². The number of H-pyrrole nitrogens is 1. The van der Waals surface area contributed by atoms with Crippen LogP contribution in [0.15, 0.2) is 48.0 Å². The molecule has 0 radical (unpaired) electrons. The van der Waals surface area contributed by atoms with E-state index in [0.717, 1.165) is 41.1 Å². The summed E-state index contributed by atoms with van der Waals surface area (Å²) in [5.74, 6) is 0.158. The molecule has 1 aromatic carbocycles. The third-order valence-corrected chi connectivity index (χ3v) is 6.10. The Labute approximate surface area is 147 Å². The van der Waals surface area contributed by atoms with E-state index in [1.54, 1.807) is 11.3 Å². The van der Waals surface area contributed by atoms with Crippen molar-refractivity contribution < 1.29 is 9.59 Å². The molecule has 1 atom stereocenters. The Bertz CT molecular complexity index is 869. The zero-order chi connectivity index (χ0) is 16.5. The van der Waals surface area contributed by atoms with Gasteiger partial charge in [-0.15, -0.1) is 11.3 Å². The zero-order valence-corrected chi connectivity index (χ0v) is 14.5. The average Bonchev–Trinajstić information content (AvgIpc) is 3.31. The lowest BCUT2D eigenvalue weighted by Crippen LogP contribution is -2.33. The summed E-state index contributed by atoms with van der Waals surface area (Å²) in [6.07, 6.45) is 3.49. The lowest BCUT2D eigenvalue weighted by atomic mass is 9.97. The molecule has 122 valence electrons. The van der Waals surface area contributed by atoms with Gasteiger partial charge < -0.3 is 4.98 Å². The number of thiophene rings is 1. The van der Waals surface area contributed by atoms with Crippen LogP contribution in [0.1, 0.15) is 22.9 Å². The predicted octanol–water partition coefficient (Wildman–Crippen LogP) is 4.60. The molecule has 4 rings (SSSR count). The number of carbonyl (C=O) groups excluding carboxylic acids is 2. The maximum absolute atomic E-state index is 12.3. The number of hydrogen-bond donors (Lipinski definition) is 1. The highest BCUT2D eigenvalue weighted by molar-refractivity contribution is 8.14. The first-order chi connectivity index (χ1) is 11.7. The minimum atomic E-state index is -0.221. The number of aromatic amines is 1. The van der Waals surface area contributed by atoms with Gasteiger partial charge in [0.15, 0.2) is 0 Å². The van der Waals surface area contributed by atoms with Gasteiger partial charge in [-0.2, -0.15) is 0 Å². The second-order valence-electron chi connectivity index (χ2n) is 5.74. The molecule has 2 aromatic heterocycles. The summed E-state index contributed by atoms with van der Waals surface area (Å²) < 4.78 is 0. The fourth-order valence-corrected chi connectivity index (χ4v) is 4.70. The standard InChI is InChI=1S/C18H16N2O2S2/c21-17-11-24-18(22)20(17)16(7-6-12-3-2-10-23-12)14-4-1-5-15-13(14)8-9-19-15/h1-5,8-10,16,19H,6-7,11H2. The summed E-state index contributed by atoms with van der Waals surface area (Å²) in [5, 5.41) is 2.99. The van der Waals surface area contributed by atoms with Crippen molar-refractivity contribution in [3.8, 4) is 0 Å². The molecular weight excluding hydrogens is 340 g/mol. The van der Waals surface area contributed by atoms with Gasteiger partial charge in [0, 0.05) is 22.0 Å². The summed E-state index contributed by atoms with van der Waals surface area (Å²) in [7, 11) is 0. The lowest BCUT2D eigenvalue weighted by Gasteiger charge is -2.26. The Balaban J connectivity index is 1.73. The van der Waals surface area contributed by atoms with Gasteiger partial charge in [-0.25, -0.2) is 0 Å². The molecule has 1 unspecified atom stereocenters. The molecule has 4 nitrogen and oxygen atoms in total. The molecule has 2 amide bonds. The van der Waals surface area contributed by atoms with E-state index < -0.39 is 0 Å². The molecule has 1 saturated heterocycles. The Morgan fingerprint density at radius 1 is 1.17 bits per heavy atom. The van der Waals surface area contributed by atoms with Crippen LogP contribution in [0, 0.1) is 0 Å². The van der Waals surface area contributed by atoms with Gasteiger partial charge in [-0.05, 0) is 42.0 Å². The third kappa shape index (κ3) is 2.76. The minimum absolute atomic E-state index is 0.0891. The van der Waals surface area contributed by atoms with E-state index in [9.17, 15) is 9.59 Å². The van der Waals surface area contributed by atoms with Crippen molar-refractivity contribution in [1.82, 2.24) is 9.88 Å². The smallest absolute Gasteiger partial charge is 0.289 e. The van der Waals surface area contributed by atoms with Gasteiger partial charge in [0.1, 0.15) is 0 Å². The highest BCUT2D eigenvalue weighted by Gasteiger charge is 2.37. The van der Waals surface area contributed by atoms with Crippen molar-refractivity contribution in [1.29, 1.82) is 0 Å². The number of thioether (sulfide) groups is 1. The van der Waals surface area contributed by atoms with Crippen molar-refractivity contribution in [2.24, 2.45) is 0 Å². The molecule has 1 aliphatic rings. The maximum atomic E-state index is 12.3. The van der Waals surface area contributed by atoms with E-state index in [0.29, 0.717) is 0 Å². The predicted molar refractivity (Wildman–Crippen MR) is 98.4 cm³/mol. The minimum Gasteiger partial charge on any atom is -0.361 e. The van der Waals surface area contributed by atoms with Crippen LogP contribution >= 0.6 is 23.1 Å². The summed E-state index contributed by atoms with van der Waals surface area (Å²) in [4.78, 5) is 30.5. The van der Waals surface area contributed by atoms with E-state index in [1.807, 2.05) is 36.5 Å². The number of nitrogens with zero attached hydrogens (tertiary/aromatic N) is 1. The molecule has 0 spiro atoms. The van der Waals surface area contributed by atoms with E-state index in [2.05, 4.69) is 16.4 Å². The number of rotatable bonds is 5. The van der Waals surface area contributed by atoms with Crippen LogP contribution in [0.25, 0.3) is 10.9 Å². The molecule has 1 aliphatic heterocycles. The SMILES string of the molecule is O=C1CSC(=O)N1C(CCc1cccs1)c1cccc2[nH]ccc12. The summed E-state index contributed by atoms with van der Waals surface area (Å²) >= 11 is 2.81.